The van der Waals surface area contributed by atoms with Crippen LogP contribution in [0, 0.1) is 0 Å². The number of hydrogen-bond donors (Lipinski definition) is 6. The fraction of sp³-hybridized carbons (Fsp3) is 0.639. The fourth-order valence-corrected chi connectivity index (χ4v) is 7.92. The van der Waals surface area contributed by atoms with Crippen LogP contribution in [0.2, 0.25) is 0 Å². The Labute approximate surface area is 436 Å². The van der Waals surface area contributed by atoms with E-state index in [2.05, 4.69) is 62.5 Å². The highest BCUT2D eigenvalue weighted by Gasteiger charge is 2.47. The number of aliphatic hydroxyl groups excluding tert-OH is 5. The van der Waals surface area contributed by atoms with Crippen LogP contribution < -0.4 is 5.32 Å². The maximum atomic E-state index is 13.4. The lowest BCUT2D eigenvalue weighted by molar-refractivity contribution is -0.305. The van der Waals surface area contributed by atoms with Crippen molar-refractivity contribution in [3.63, 3.8) is 0 Å². The van der Waals surface area contributed by atoms with Crippen LogP contribution in [0.25, 0.3) is 0 Å². The van der Waals surface area contributed by atoms with Gasteiger partial charge in [0.15, 0.2) is 12.4 Å². The lowest BCUT2D eigenvalue weighted by atomic mass is 9.99. The number of nitrogens with one attached hydrogen (secondary N) is 1. The summed E-state index contributed by atoms with van der Waals surface area (Å²) >= 11 is 0. The van der Waals surface area contributed by atoms with Crippen LogP contribution >= 0.6 is 0 Å². The van der Waals surface area contributed by atoms with Gasteiger partial charge in [0.05, 0.1) is 25.4 Å². The molecule has 0 aliphatic carbocycles. The van der Waals surface area contributed by atoms with Crippen molar-refractivity contribution in [2.45, 2.75) is 237 Å². The Kier molecular flexibility index (Phi) is 44.1. The lowest BCUT2D eigenvalue weighted by Crippen LogP contribution is -2.61. The van der Waals surface area contributed by atoms with E-state index in [9.17, 15) is 35.1 Å². The summed E-state index contributed by atoms with van der Waals surface area (Å²) in [6, 6.07) is -1.05. The predicted molar refractivity (Wildman–Crippen MR) is 296 cm³/mol. The standard InChI is InChI=1S/C61H99NO10/c1-4-7-10-13-16-19-22-25-27-28-29-31-34-37-40-43-46-49-56(66)72-59-58(68)57(67)55(50-63)71-61(59)70-51-52(53(64)47-44-41-38-35-32-24-21-18-15-12-9-6-3)62-60(69)54(65)48-45-42-39-36-33-30-26-23-20-17-14-11-8-5-2/h7-8,10-11,13-14,16-17,19-20,22-23,25,27-29,31,34,44,47,52-55,57-59,61,63-65,67-68H,4-6,9,12,15,18,21,24,26,30,32-33,35-43,45-46,48-51H2,1-3H3,(H,62,69)/b10-7-,11-8+,16-13+,17-14+,22-19+,23-20+,27-25-,29-28+,34-31+,47-44+. The molecule has 0 saturated carbocycles. The van der Waals surface area contributed by atoms with Gasteiger partial charge in [0.25, 0.3) is 0 Å². The SMILES string of the molecule is CC\C=C/C=C/C=C/C=C\C=C\C=C\CCCCCC(=O)OC1C(OCC(NC(=O)C(O)CCCCCCCC/C=C/C=C/C=C/CC)C(O)/C=C/CCCCCCCCCCCC)OC(CO)C(O)C1O. The first-order valence-electron chi connectivity index (χ1n) is 27.9. The number of rotatable bonds is 44. The quantitative estimate of drug-likeness (QED) is 0.0149. The lowest BCUT2D eigenvalue weighted by Gasteiger charge is -2.41. The van der Waals surface area contributed by atoms with E-state index in [0.29, 0.717) is 12.8 Å². The summed E-state index contributed by atoms with van der Waals surface area (Å²) in [6.07, 6.45) is 55.2. The third-order valence-electron chi connectivity index (χ3n) is 12.3. The number of hydrogen-bond acceptors (Lipinski definition) is 10. The number of carbonyl (C=O) groups excluding carboxylic acids is 2. The van der Waals surface area contributed by atoms with Gasteiger partial charge in [-0.25, -0.2) is 0 Å². The molecular formula is C61H99NO10. The smallest absolute Gasteiger partial charge is 0.306 e. The summed E-state index contributed by atoms with van der Waals surface area (Å²) in [5.74, 6) is -1.27. The van der Waals surface area contributed by atoms with Crippen molar-refractivity contribution in [2.24, 2.45) is 0 Å². The molecule has 6 N–H and O–H groups in total. The summed E-state index contributed by atoms with van der Waals surface area (Å²) in [5.41, 5.74) is 0. The van der Waals surface area contributed by atoms with Gasteiger partial charge in [-0.2, -0.15) is 0 Å². The molecule has 1 amide bonds. The molecule has 8 atom stereocenters. The largest absolute Gasteiger partial charge is 0.454 e. The molecule has 11 nitrogen and oxygen atoms in total. The highest BCUT2D eigenvalue weighted by atomic mass is 16.7. The van der Waals surface area contributed by atoms with E-state index < -0.39 is 67.4 Å². The second-order valence-electron chi connectivity index (χ2n) is 18.8. The second kappa shape index (κ2) is 48.0. The zero-order valence-corrected chi connectivity index (χ0v) is 44.7. The Morgan fingerprint density at radius 3 is 1.50 bits per heavy atom. The number of ether oxygens (including phenoxy) is 3. The number of allylic oxidation sites excluding steroid dienone is 19. The second-order valence-corrected chi connectivity index (χ2v) is 18.8. The van der Waals surface area contributed by atoms with E-state index >= 15 is 0 Å². The van der Waals surface area contributed by atoms with Crippen molar-refractivity contribution >= 4 is 11.9 Å². The molecule has 1 fully saturated rings. The molecule has 1 aliphatic rings. The Morgan fingerprint density at radius 1 is 0.556 bits per heavy atom. The highest BCUT2D eigenvalue weighted by molar-refractivity contribution is 5.80. The zero-order chi connectivity index (χ0) is 52.5. The van der Waals surface area contributed by atoms with E-state index in [0.717, 1.165) is 96.3 Å². The maximum Gasteiger partial charge on any atom is 0.306 e. The van der Waals surface area contributed by atoms with Crippen LogP contribution in [-0.4, -0.2) is 99.6 Å². The van der Waals surface area contributed by atoms with Crippen molar-refractivity contribution in [1.29, 1.82) is 0 Å². The van der Waals surface area contributed by atoms with E-state index in [1.54, 1.807) is 6.08 Å². The van der Waals surface area contributed by atoms with Gasteiger partial charge in [0.2, 0.25) is 5.91 Å². The molecular weight excluding hydrogens is 907 g/mol. The first kappa shape index (κ1) is 66.1. The first-order chi connectivity index (χ1) is 35.2. The van der Waals surface area contributed by atoms with Crippen molar-refractivity contribution in [3.05, 3.63) is 122 Å². The van der Waals surface area contributed by atoms with Gasteiger partial charge in [-0.05, 0) is 64.2 Å². The number of amides is 1. The minimum Gasteiger partial charge on any atom is -0.454 e. The molecule has 0 aromatic carbocycles. The van der Waals surface area contributed by atoms with Crippen LogP contribution in [0.1, 0.15) is 188 Å². The summed E-state index contributed by atoms with van der Waals surface area (Å²) in [6.45, 7) is 5.44. The first-order valence-corrected chi connectivity index (χ1v) is 27.9. The topological polar surface area (TPSA) is 175 Å². The third kappa shape index (κ3) is 36.1. The fourth-order valence-electron chi connectivity index (χ4n) is 7.92. The van der Waals surface area contributed by atoms with Gasteiger partial charge >= 0.3 is 5.97 Å². The van der Waals surface area contributed by atoms with Gasteiger partial charge in [-0.3, -0.25) is 9.59 Å². The summed E-state index contributed by atoms with van der Waals surface area (Å²) in [5, 5.41) is 56.7. The molecule has 8 unspecified atom stereocenters. The molecule has 1 aliphatic heterocycles. The number of unbranched alkanes of at least 4 members (excludes halogenated alkanes) is 19. The Hall–Kier alpha value is -3.94. The molecule has 11 heteroatoms. The molecule has 1 rings (SSSR count). The average molecular weight is 1010 g/mol. The summed E-state index contributed by atoms with van der Waals surface area (Å²) in [4.78, 5) is 26.4. The van der Waals surface area contributed by atoms with Crippen molar-refractivity contribution in [1.82, 2.24) is 5.32 Å². The van der Waals surface area contributed by atoms with Crippen LogP contribution in [0.4, 0.5) is 0 Å². The molecule has 1 heterocycles. The van der Waals surface area contributed by atoms with Crippen LogP contribution in [0.3, 0.4) is 0 Å². The molecule has 1 saturated heterocycles. The number of esters is 1. The molecule has 0 spiro atoms. The molecule has 0 aromatic heterocycles. The molecule has 408 valence electrons. The highest BCUT2D eigenvalue weighted by Crippen LogP contribution is 2.26. The van der Waals surface area contributed by atoms with Gasteiger partial charge in [0, 0.05) is 6.42 Å². The molecule has 72 heavy (non-hydrogen) atoms. The average Bonchev–Trinajstić information content (AvgIpc) is 3.38. The van der Waals surface area contributed by atoms with E-state index in [-0.39, 0.29) is 19.4 Å². The van der Waals surface area contributed by atoms with Gasteiger partial charge in [-0.1, -0.05) is 239 Å². The molecule has 0 aromatic rings. The maximum absolute atomic E-state index is 13.4. The van der Waals surface area contributed by atoms with Crippen molar-refractivity contribution in [3.8, 4) is 0 Å². The Morgan fingerprint density at radius 2 is 1.00 bits per heavy atom. The molecule has 0 bridgehead atoms. The third-order valence-corrected chi connectivity index (χ3v) is 12.3. The summed E-state index contributed by atoms with van der Waals surface area (Å²) in [7, 11) is 0. The summed E-state index contributed by atoms with van der Waals surface area (Å²) < 4.78 is 17.5. The minimum absolute atomic E-state index is 0.0633. The minimum atomic E-state index is -1.64. The molecule has 0 radical (unpaired) electrons. The van der Waals surface area contributed by atoms with Crippen LogP contribution in [0.5, 0.6) is 0 Å². The predicted octanol–water partition coefficient (Wildman–Crippen LogP) is 12.3. The van der Waals surface area contributed by atoms with Crippen molar-refractivity contribution in [2.75, 3.05) is 13.2 Å². The Bertz CT molecular complexity index is 1630. The van der Waals surface area contributed by atoms with E-state index in [4.69, 9.17) is 14.2 Å². The van der Waals surface area contributed by atoms with Crippen LogP contribution in [0.15, 0.2) is 122 Å². The van der Waals surface area contributed by atoms with Gasteiger partial charge < -0.3 is 45.1 Å². The normalized spacial score (nSPS) is 20.5. The van der Waals surface area contributed by atoms with Crippen molar-refractivity contribution < 1.29 is 49.3 Å². The van der Waals surface area contributed by atoms with E-state index in [1.807, 2.05) is 79.0 Å². The Balaban J connectivity index is 2.80. The van der Waals surface area contributed by atoms with Gasteiger partial charge in [-0.15, -0.1) is 0 Å². The van der Waals surface area contributed by atoms with Crippen LogP contribution in [-0.2, 0) is 23.8 Å². The monoisotopic (exact) mass is 1010 g/mol. The van der Waals surface area contributed by atoms with E-state index in [1.165, 1.54) is 44.9 Å². The zero-order valence-electron chi connectivity index (χ0n) is 44.7. The number of carbonyl (C=O) groups is 2. The number of aliphatic hydroxyl groups is 5. The van der Waals surface area contributed by atoms with Gasteiger partial charge in [0.1, 0.15) is 24.4 Å².